The molecular weight excluding hydrogens is 224 g/mol. The number of hydrogen-bond donors (Lipinski definition) is 2. The number of rotatable bonds is 6. The lowest BCUT2D eigenvalue weighted by Gasteiger charge is -2.28. The van der Waals surface area contributed by atoms with Crippen molar-refractivity contribution in [2.45, 2.75) is 33.1 Å². The lowest BCUT2D eigenvalue weighted by Crippen LogP contribution is -2.36. The minimum Gasteiger partial charge on any atom is -0.496 e. The zero-order chi connectivity index (χ0) is 13.8. The Morgan fingerprint density at radius 3 is 2.44 bits per heavy atom. The highest BCUT2D eigenvalue weighted by molar-refractivity contribution is 5.44. The van der Waals surface area contributed by atoms with Crippen LogP contribution >= 0.6 is 0 Å². The summed E-state index contributed by atoms with van der Waals surface area (Å²) in [6, 6.07) is 4.35. The van der Waals surface area contributed by atoms with Gasteiger partial charge in [0.05, 0.1) is 7.11 Å². The number of aryl methyl sites for hydroxylation is 2. The van der Waals surface area contributed by atoms with Gasteiger partial charge in [0.25, 0.3) is 0 Å². The third-order valence-corrected chi connectivity index (χ3v) is 3.36. The molecule has 0 saturated carbocycles. The molecule has 0 amide bonds. The van der Waals surface area contributed by atoms with E-state index in [2.05, 4.69) is 45.1 Å². The van der Waals surface area contributed by atoms with Crippen LogP contribution in [-0.4, -0.2) is 26.7 Å². The van der Waals surface area contributed by atoms with Gasteiger partial charge in [-0.3, -0.25) is 0 Å². The lowest BCUT2D eigenvalue weighted by molar-refractivity contribution is 0.409. The lowest BCUT2D eigenvalue weighted by atomic mass is 9.81. The van der Waals surface area contributed by atoms with Gasteiger partial charge in [-0.2, -0.15) is 0 Å². The van der Waals surface area contributed by atoms with E-state index in [-0.39, 0.29) is 5.41 Å². The third-order valence-electron chi connectivity index (χ3n) is 3.36. The number of methoxy groups -OCH3 is 1. The van der Waals surface area contributed by atoms with Crippen LogP contribution in [0.2, 0.25) is 0 Å². The molecule has 0 aliphatic carbocycles. The first kappa shape index (κ1) is 15.0. The van der Waals surface area contributed by atoms with E-state index < -0.39 is 0 Å². The molecule has 0 atom stereocenters. The predicted octanol–water partition coefficient (Wildman–Crippen LogP) is 2.14. The Balaban J connectivity index is 2.97. The first-order chi connectivity index (χ1) is 8.42. The summed E-state index contributed by atoms with van der Waals surface area (Å²) < 4.78 is 5.36. The quantitative estimate of drug-likeness (QED) is 0.760. The van der Waals surface area contributed by atoms with Crippen LogP contribution in [-0.2, 0) is 5.41 Å². The monoisotopic (exact) mass is 250 g/mol. The van der Waals surface area contributed by atoms with Gasteiger partial charge in [-0.05, 0) is 36.6 Å². The fraction of sp³-hybridized carbons (Fsp3) is 0.600. The van der Waals surface area contributed by atoms with Gasteiger partial charge < -0.3 is 15.8 Å². The molecule has 0 aliphatic rings. The van der Waals surface area contributed by atoms with E-state index in [0.29, 0.717) is 6.54 Å². The Morgan fingerprint density at radius 2 is 1.89 bits per heavy atom. The average Bonchev–Trinajstić information content (AvgIpc) is 2.31. The van der Waals surface area contributed by atoms with E-state index in [1.807, 2.05) is 0 Å². The molecule has 0 bridgehead atoms. The van der Waals surface area contributed by atoms with E-state index >= 15 is 0 Å². The molecule has 0 heterocycles. The Morgan fingerprint density at radius 1 is 1.22 bits per heavy atom. The van der Waals surface area contributed by atoms with E-state index in [1.54, 1.807) is 7.11 Å². The van der Waals surface area contributed by atoms with Crippen LogP contribution in [0, 0.1) is 13.8 Å². The Bertz CT molecular complexity index is 400. The summed E-state index contributed by atoms with van der Waals surface area (Å²) in [7, 11) is 1.72. The molecule has 1 aromatic rings. The van der Waals surface area contributed by atoms with E-state index in [0.717, 1.165) is 18.8 Å². The average molecular weight is 250 g/mol. The third kappa shape index (κ3) is 3.47. The summed E-state index contributed by atoms with van der Waals surface area (Å²) in [4.78, 5) is 0. The standard InChI is InChI=1S/C15H26N2O/c1-11-9-14(18-5)12(2)8-13(11)15(3,4)10-17-7-6-16/h8-9,17H,6-7,10,16H2,1-5H3. The van der Waals surface area contributed by atoms with Crippen molar-refractivity contribution in [3.8, 4) is 5.75 Å². The summed E-state index contributed by atoms with van der Waals surface area (Å²) in [5, 5.41) is 3.39. The number of hydrogen-bond acceptors (Lipinski definition) is 3. The van der Waals surface area contributed by atoms with Crippen LogP contribution in [0.4, 0.5) is 0 Å². The second-order valence-electron chi connectivity index (χ2n) is 5.49. The highest BCUT2D eigenvalue weighted by Crippen LogP contribution is 2.31. The molecule has 3 heteroatoms. The van der Waals surface area contributed by atoms with Crippen molar-refractivity contribution in [2.24, 2.45) is 5.73 Å². The molecule has 0 spiro atoms. The largest absolute Gasteiger partial charge is 0.496 e. The van der Waals surface area contributed by atoms with Gasteiger partial charge in [-0.25, -0.2) is 0 Å². The maximum absolute atomic E-state index is 5.51. The molecule has 102 valence electrons. The highest BCUT2D eigenvalue weighted by Gasteiger charge is 2.23. The van der Waals surface area contributed by atoms with Crippen molar-refractivity contribution in [1.82, 2.24) is 5.32 Å². The normalized spacial score (nSPS) is 11.7. The fourth-order valence-electron chi connectivity index (χ4n) is 2.34. The van der Waals surface area contributed by atoms with Crippen LogP contribution in [0.1, 0.15) is 30.5 Å². The number of benzene rings is 1. The summed E-state index contributed by atoms with van der Waals surface area (Å²) in [5.74, 6) is 0.960. The number of ether oxygens (including phenoxy) is 1. The minimum absolute atomic E-state index is 0.0935. The van der Waals surface area contributed by atoms with Gasteiger partial charge in [0.15, 0.2) is 0 Å². The molecule has 1 aromatic carbocycles. The second kappa shape index (κ2) is 6.21. The molecule has 3 nitrogen and oxygen atoms in total. The SMILES string of the molecule is COc1cc(C)c(C(C)(C)CNCCN)cc1C. The first-order valence-electron chi connectivity index (χ1n) is 6.49. The van der Waals surface area contributed by atoms with E-state index in [9.17, 15) is 0 Å². The van der Waals surface area contributed by atoms with Crippen molar-refractivity contribution in [1.29, 1.82) is 0 Å². The Kier molecular flexibility index (Phi) is 5.17. The van der Waals surface area contributed by atoms with Crippen LogP contribution in [0.25, 0.3) is 0 Å². The van der Waals surface area contributed by atoms with Crippen LogP contribution < -0.4 is 15.8 Å². The maximum Gasteiger partial charge on any atom is 0.122 e. The van der Waals surface area contributed by atoms with Crippen molar-refractivity contribution in [3.63, 3.8) is 0 Å². The Hall–Kier alpha value is -1.06. The molecular formula is C15H26N2O. The molecule has 0 saturated heterocycles. The molecule has 1 rings (SSSR count). The maximum atomic E-state index is 5.51. The van der Waals surface area contributed by atoms with Crippen molar-refractivity contribution < 1.29 is 4.74 Å². The molecule has 3 N–H and O–H groups in total. The summed E-state index contributed by atoms with van der Waals surface area (Å²) >= 11 is 0. The van der Waals surface area contributed by atoms with Gasteiger partial charge in [0, 0.05) is 25.0 Å². The number of nitrogens with one attached hydrogen (secondary N) is 1. The fourth-order valence-corrected chi connectivity index (χ4v) is 2.34. The molecule has 0 fully saturated rings. The molecule has 0 aromatic heterocycles. The van der Waals surface area contributed by atoms with Crippen molar-refractivity contribution in [3.05, 3.63) is 28.8 Å². The second-order valence-corrected chi connectivity index (χ2v) is 5.49. The van der Waals surface area contributed by atoms with E-state index in [4.69, 9.17) is 10.5 Å². The summed E-state index contributed by atoms with van der Waals surface area (Å²) in [6.45, 7) is 11.2. The van der Waals surface area contributed by atoms with Crippen LogP contribution in [0.3, 0.4) is 0 Å². The molecule has 0 aliphatic heterocycles. The summed E-state index contributed by atoms with van der Waals surface area (Å²) in [6.07, 6.45) is 0. The van der Waals surface area contributed by atoms with E-state index in [1.165, 1.54) is 16.7 Å². The zero-order valence-corrected chi connectivity index (χ0v) is 12.3. The van der Waals surface area contributed by atoms with Crippen LogP contribution in [0.15, 0.2) is 12.1 Å². The van der Waals surface area contributed by atoms with Gasteiger partial charge in [-0.15, -0.1) is 0 Å². The Labute approximate surface area is 111 Å². The van der Waals surface area contributed by atoms with Gasteiger partial charge in [0.1, 0.15) is 5.75 Å². The highest BCUT2D eigenvalue weighted by atomic mass is 16.5. The van der Waals surface area contributed by atoms with Gasteiger partial charge in [0.2, 0.25) is 0 Å². The van der Waals surface area contributed by atoms with Crippen molar-refractivity contribution >= 4 is 0 Å². The number of nitrogens with two attached hydrogens (primary N) is 1. The molecule has 0 radical (unpaired) electrons. The predicted molar refractivity (Wildman–Crippen MR) is 77.4 cm³/mol. The van der Waals surface area contributed by atoms with Gasteiger partial charge in [-0.1, -0.05) is 19.9 Å². The summed E-state index contributed by atoms with van der Waals surface area (Å²) in [5.41, 5.74) is 9.43. The van der Waals surface area contributed by atoms with Crippen LogP contribution in [0.5, 0.6) is 5.75 Å². The van der Waals surface area contributed by atoms with Gasteiger partial charge >= 0.3 is 0 Å². The first-order valence-corrected chi connectivity index (χ1v) is 6.49. The topological polar surface area (TPSA) is 47.3 Å². The molecule has 0 unspecified atom stereocenters. The smallest absolute Gasteiger partial charge is 0.122 e. The zero-order valence-electron chi connectivity index (χ0n) is 12.3. The minimum atomic E-state index is 0.0935. The molecule has 18 heavy (non-hydrogen) atoms. The van der Waals surface area contributed by atoms with Crippen molar-refractivity contribution in [2.75, 3.05) is 26.7 Å².